The summed E-state index contributed by atoms with van der Waals surface area (Å²) in [6.07, 6.45) is 0. The van der Waals surface area contributed by atoms with Crippen LogP contribution in [0.4, 0.5) is 0 Å². The fourth-order valence-corrected chi connectivity index (χ4v) is 2.88. The van der Waals surface area contributed by atoms with Crippen molar-refractivity contribution in [3.05, 3.63) is 60.2 Å². The average Bonchev–Trinajstić information content (AvgIpc) is 3.07. The van der Waals surface area contributed by atoms with E-state index < -0.39 is 0 Å². The van der Waals surface area contributed by atoms with Gasteiger partial charge in [0.15, 0.2) is 0 Å². The first-order chi connectivity index (χ1) is 11.2. The third-order valence-corrected chi connectivity index (χ3v) is 4.22. The highest BCUT2D eigenvalue weighted by Crippen LogP contribution is 2.17. The highest BCUT2D eigenvalue weighted by molar-refractivity contribution is 5.76. The number of ether oxygens (including phenoxy) is 1. The maximum atomic E-state index is 5.86. The summed E-state index contributed by atoms with van der Waals surface area (Å²) >= 11 is 0. The summed E-state index contributed by atoms with van der Waals surface area (Å²) < 4.78 is 10.0. The third-order valence-electron chi connectivity index (χ3n) is 4.22. The summed E-state index contributed by atoms with van der Waals surface area (Å²) in [7, 11) is 4.03. The molecule has 0 fully saturated rings. The van der Waals surface area contributed by atoms with E-state index in [2.05, 4.69) is 31.2 Å². The number of para-hydroxylation sites is 4. The second-order valence-corrected chi connectivity index (χ2v) is 5.64. The molecule has 0 saturated carbocycles. The Morgan fingerprint density at radius 3 is 1.61 bits per heavy atom. The van der Waals surface area contributed by atoms with Gasteiger partial charge in [-0.25, -0.2) is 9.97 Å². The first-order valence-electron chi connectivity index (χ1n) is 7.62. The fourth-order valence-electron chi connectivity index (χ4n) is 2.88. The molecule has 23 heavy (non-hydrogen) atoms. The van der Waals surface area contributed by atoms with Crippen molar-refractivity contribution in [1.82, 2.24) is 19.1 Å². The Bertz CT molecular complexity index is 903. The molecule has 2 aromatic carbocycles. The van der Waals surface area contributed by atoms with Crippen molar-refractivity contribution in [2.45, 2.75) is 13.2 Å². The molecule has 0 spiro atoms. The van der Waals surface area contributed by atoms with Crippen LogP contribution in [-0.2, 0) is 32.0 Å². The molecular formula is C18H18N4O. The van der Waals surface area contributed by atoms with Crippen LogP contribution in [0.15, 0.2) is 48.5 Å². The van der Waals surface area contributed by atoms with Crippen molar-refractivity contribution < 1.29 is 4.74 Å². The molecule has 0 N–H and O–H groups in total. The van der Waals surface area contributed by atoms with E-state index in [0.717, 1.165) is 33.7 Å². The smallest absolute Gasteiger partial charge is 0.135 e. The first kappa shape index (κ1) is 14.0. The molecule has 0 saturated heterocycles. The van der Waals surface area contributed by atoms with Crippen LogP contribution >= 0.6 is 0 Å². The van der Waals surface area contributed by atoms with Gasteiger partial charge in [0.1, 0.15) is 24.9 Å². The van der Waals surface area contributed by atoms with Crippen LogP contribution in [0.2, 0.25) is 0 Å². The van der Waals surface area contributed by atoms with Gasteiger partial charge in [0.25, 0.3) is 0 Å². The number of hydrogen-bond donors (Lipinski definition) is 0. The molecule has 0 amide bonds. The number of hydrogen-bond acceptors (Lipinski definition) is 3. The van der Waals surface area contributed by atoms with E-state index in [-0.39, 0.29) is 0 Å². The van der Waals surface area contributed by atoms with Gasteiger partial charge >= 0.3 is 0 Å². The SMILES string of the molecule is Cn1c(COCc2nc3ccccc3n2C)nc2ccccc21. The molecule has 0 bridgehead atoms. The predicted octanol–water partition coefficient (Wildman–Crippen LogP) is 3.18. The lowest BCUT2D eigenvalue weighted by molar-refractivity contribution is 0.0938. The molecule has 0 aliphatic rings. The summed E-state index contributed by atoms with van der Waals surface area (Å²) in [6.45, 7) is 0.933. The second-order valence-electron chi connectivity index (χ2n) is 5.64. The van der Waals surface area contributed by atoms with Crippen molar-refractivity contribution in [3.63, 3.8) is 0 Å². The largest absolute Gasteiger partial charge is 0.366 e. The predicted molar refractivity (Wildman–Crippen MR) is 89.9 cm³/mol. The van der Waals surface area contributed by atoms with Crippen LogP contribution in [0.1, 0.15) is 11.6 Å². The zero-order valence-corrected chi connectivity index (χ0v) is 13.2. The van der Waals surface area contributed by atoms with Crippen LogP contribution in [0.3, 0.4) is 0 Å². The molecule has 5 nitrogen and oxygen atoms in total. The minimum atomic E-state index is 0.467. The number of aryl methyl sites for hydroxylation is 2. The Kier molecular flexibility index (Phi) is 3.35. The van der Waals surface area contributed by atoms with Crippen LogP contribution in [-0.4, -0.2) is 19.1 Å². The summed E-state index contributed by atoms with van der Waals surface area (Å²) in [5.74, 6) is 1.84. The van der Waals surface area contributed by atoms with E-state index in [0.29, 0.717) is 13.2 Å². The van der Waals surface area contributed by atoms with Crippen LogP contribution in [0.25, 0.3) is 22.1 Å². The lowest BCUT2D eigenvalue weighted by atomic mass is 10.3. The number of rotatable bonds is 4. The Morgan fingerprint density at radius 1 is 0.739 bits per heavy atom. The van der Waals surface area contributed by atoms with E-state index in [1.807, 2.05) is 50.5 Å². The number of aromatic nitrogens is 4. The molecule has 4 aromatic rings. The lowest BCUT2D eigenvalue weighted by Crippen LogP contribution is -2.05. The fraction of sp³-hybridized carbons (Fsp3) is 0.222. The highest BCUT2D eigenvalue weighted by atomic mass is 16.5. The molecule has 2 aromatic heterocycles. The highest BCUT2D eigenvalue weighted by Gasteiger charge is 2.10. The van der Waals surface area contributed by atoms with E-state index in [9.17, 15) is 0 Å². The van der Waals surface area contributed by atoms with Crippen molar-refractivity contribution >= 4 is 22.1 Å². The van der Waals surface area contributed by atoms with E-state index >= 15 is 0 Å². The van der Waals surface area contributed by atoms with Crippen molar-refractivity contribution in [2.24, 2.45) is 14.1 Å². The number of benzene rings is 2. The molecule has 0 aliphatic carbocycles. The first-order valence-corrected chi connectivity index (χ1v) is 7.62. The molecule has 0 atom stereocenters. The normalized spacial score (nSPS) is 11.6. The van der Waals surface area contributed by atoms with Gasteiger partial charge in [0.05, 0.1) is 22.1 Å². The number of fused-ring (bicyclic) bond motifs is 2. The van der Waals surface area contributed by atoms with Crippen LogP contribution < -0.4 is 0 Å². The van der Waals surface area contributed by atoms with Gasteiger partial charge in [-0.15, -0.1) is 0 Å². The molecular weight excluding hydrogens is 288 g/mol. The Morgan fingerprint density at radius 2 is 1.17 bits per heavy atom. The van der Waals surface area contributed by atoms with Gasteiger partial charge in [0.2, 0.25) is 0 Å². The van der Waals surface area contributed by atoms with Crippen molar-refractivity contribution in [2.75, 3.05) is 0 Å². The quantitative estimate of drug-likeness (QED) is 0.582. The standard InChI is InChI=1S/C18H18N4O/c1-21-15-9-5-3-7-13(15)19-17(21)11-23-12-18-20-14-8-4-6-10-16(14)22(18)2/h3-10H,11-12H2,1-2H3. The van der Waals surface area contributed by atoms with E-state index in [1.54, 1.807) is 0 Å². The van der Waals surface area contributed by atoms with Gasteiger partial charge in [-0.1, -0.05) is 24.3 Å². The summed E-state index contributed by atoms with van der Waals surface area (Å²) in [5.41, 5.74) is 4.23. The molecule has 5 heteroatoms. The molecule has 116 valence electrons. The van der Waals surface area contributed by atoms with E-state index in [4.69, 9.17) is 4.74 Å². The minimum Gasteiger partial charge on any atom is -0.366 e. The molecule has 0 unspecified atom stereocenters. The Hall–Kier alpha value is -2.66. The van der Waals surface area contributed by atoms with Crippen molar-refractivity contribution in [1.29, 1.82) is 0 Å². The Labute approximate surface area is 134 Å². The van der Waals surface area contributed by atoms with Crippen LogP contribution in [0.5, 0.6) is 0 Å². The number of nitrogens with zero attached hydrogens (tertiary/aromatic N) is 4. The van der Waals surface area contributed by atoms with Gasteiger partial charge < -0.3 is 13.9 Å². The van der Waals surface area contributed by atoms with Crippen LogP contribution in [0, 0.1) is 0 Å². The zero-order valence-electron chi connectivity index (χ0n) is 13.2. The number of imidazole rings is 2. The molecule has 0 radical (unpaired) electrons. The molecule has 0 aliphatic heterocycles. The topological polar surface area (TPSA) is 44.9 Å². The average molecular weight is 306 g/mol. The van der Waals surface area contributed by atoms with Crippen molar-refractivity contribution in [3.8, 4) is 0 Å². The second kappa shape index (κ2) is 5.52. The third kappa shape index (κ3) is 2.39. The van der Waals surface area contributed by atoms with Gasteiger partial charge in [-0.2, -0.15) is 0 Å². The molecule has 2 heterocycles. The summed E-state index contributed by atoms with van der Waals surface area (Å²) in [4.78, 5) is 9.24. The monoisotopic (exact) mass is 306 g/mol. The minimum absolute atomic E-state index is 0.467. The van der Waals surface area contributed by atoms with E-state index in [1.165, 1.54) is 0 Å². The van der Waals surface area contributed by atoms with Gasteiger partial charge in [-0.05, 0) is 24.3 Å². The maximum Gasteiger partial charge on any atom is 0.135 e. The van der Waals surface area contributed by atoms with Gasteiger partial charge in [-0.3, -0.25) is 0 Å². The summed E-state index contributed by atoms with van der Waals surface area (Å²) in [6, 6.07) is 16.2. The lowest BCUT2D eigenvalue weighted by Gasteiger charge is -2.05. The molecule has 4 rings (SSSR count). The maximum absolute atomic E-state index is 5.86. The zero-order chi connectivity index (χ0) is 15.8. The van der Waals surface area contributed by atoms with Gasteiger partial charge in [0, 0.05) is 14.1 Å². The summed E-state index contributed by atoms with van der Waals surface area (Å²) in [5, 5.41) is 0. The Balaban J connectivity index is 1.52.